The molecule has 1 atom stereocenters. The van der Waals surface area contributed by atoms with E-state index in [0.29, 0.717) is 18.5 Å². The van der Waals surface area contributed by atoms with Crippen LogP contribution in [0, 0.1) is 5.82 Å². The smallest absolute Gasteiger partial charge is 0.239 e. The molecule has 0 heterocycles. The highest BCUT2D eigenvalue weighted by molar-refractivity contribution is 5.84. The van der Waals surface area contributed by atoms with Crippen molar-refractivity contribution in [3.63, 3.8) is 0 Å². The minimum absolute atomic E-state index is 0.163. The number of hydrogen-bond donors (Lipinski definition) is 3. The molecule has 2 amide bonds. The van der Waals surface area contributed by atoms with Crippen molar-refractivity contribution in [2.45, 2.75) is 18.9 Å². The minimum Gasteiger partial charge on any atom is -0.388 e. The van der Waals surface area contributed by atoms with Crippen LogP contribution in [0.5, 0.6) is 0 Å². The molecule has 2 aromatic carbocycles. The van der Waals surface area contributed by atoms with E-state index in [1.807, 2.05) is 30.3 Å². The lowest BCUT2D eigenvalue weighted by molar-refractivity contribution is -0.127. The predicted molar refractivity (Wildman–Crippen MR) is 92.1 cm³/mol. The van der Waals surface area contributed by atoms with Crippen molar-refractivity contribution in [2.75, 3.05) is 13.1 Å². The SMILES string of the molecule is O=C(CNC(=O)CC(O)c1cccc(F)c1)NCCc1ccccc1. The number of carbonyl (C=O) groups excluding carboxylic acids is 2. The van der Waals surface area contributed by atoms with Crippen molar-refractivity contribution >= 4 is 11.8 Å². The third kappa shape index (κ3) is 6.73. The lowest BCUT2D eigenvalue weighted by Crippen LogP contribution is -2.38. The van der Waals surface area contributed by atoms with Crippen LogP contribution in [-0.4, -0.2) is 30.0 Å². The van der Waals surface area contributed by atoms with E-state index in [1.54, 1.807) is 0 Å². The summed E-state index contributed by atoms with van der Waals surface area (Å²) < 4.78 is 13.1. The number of amides is 2. The van der Waals surface area contributed by atoms with Gasteiger partial charge in [-0.05, 0) is 29.7 Å². The van der Waals surface area contributed by atoms with E-state index in [4.69, 9.17) is 0 Å². The molecular formula is C19H21FN2O3. The fourth-order valence-electron chi connectivity index (χ4n) is 2.31. The van der Waals surface area contributed by atoms with Gasteiger partial charge in [-0.3, -0.25) is 9.59 Å². The molecule has 0 aliphatic rings. The largest absolute Gasteiger partial charge is 0.388 e. The van der Waals surface area contributed by atoms with Gasteiger partial charge in [0.2, 0.25) is 11.8 Å². The molecule has 0 radical (unpaired) electrons. The van der Waals surface area contributed by atoms with Gasteiger partial charge in [0.15, 0.2) is 0 Å². The van der Waals surface area contributed by atoms with E-state index >= 15 is 0 Å². The van der Waals surface area contributed by atoms with E-state index in [0.717, 1.165) is 5.56 Å². The summed E-state index contributed by atoms with van der Waals surface area (Å²) in [5, 5.41) is 15.1. The standard InChI is InChI=1S/C19H21FN2O3/c20-16-8-4-7-15(11-16)17(23)12-18(24)22-13-19(25)21-10-9-14-5-2-1-3-6-14/h1-8,11,17,23H,9-10,12-13H2,(H,21,25)(H,22,24). The van der Waals surface area contributed by atoms with Gasteiger partial charge in [-0.15, -0.1) is 0 Å². The first kappa shape index (κ1) is 18.6. The number of aliphatic hydroxyl groups excluding tert-OH is 1. The van der Waals surface area contributed by atoms with Gasteiger partial charge in [0, 0.05) is 6.54 Å². The molecule has 5 nitrogen and oxygen atoms in total. The molecule has 6 heteroatoms. The number of nitrogens with one attached hydrogen (secondary N) is 2. The summed E-state index contributed by atoms with van der Waals surface area (Å²) in [6.45, 7) is 0.314. The van der Waals surface area contributed by atoms with E-state index in [-0.39, 0.29) is 18.9 Å². The number of benzene rings is 2. The van der Waals surface area contributed by atoms with Gasteiger partial charge in [-0.2, -0.15) is 0 Å². The summed E-state index contributed by atoms with van der Waals surface area (Å²) in [6.07, 6.45) is -0.642. The van der Waals surface area contributed by atoms with Crippen molar-refractivity contribution in [2.24, 2.45) is 0 Å². The average Bonchev–Trinajstić information content (AvgIpc) is 2.61. The molecule has 25 heavy (non-hydrogen) atoms. The molecule has 132 valence electrons. The molecule has 0 spiro atoms. The first-order chi connectivity index (χ1) is 12.0. The first-order valence-corrected chi connectivity index (χ1v) is 8.05. The molecule has 1 unspecified atom stereocenters. The van der Waals surface area contributed by atoms with Crippen molar-refractivity contribution < 1.29 is 19.1 Å². The van der Waals surface area contributed by atoms with E-state index in [2.05, 4.69) is 10.6 Å². The van der Waals surface area contributed by atoms with E-state index < -0.39 is 17.8 Å². The summed E-state index contributed by atoms with van der Waals surface area (Å²) in [5.74, 6) is -1.26. The molecule has 0 aliphatic carbocycles. The molecule has 2 rings (SSSR count). The van der Waals surface area contributed by atoms with Crippen LogP contribution in [-0.2, 0) is 16.0 Å². The Morgan fingerprint density at radius 2 is 1.76 bits per heavy atom. The third-order valence-electron chi connectivity index (χ3n) is 3.64. The zero-order valence-corrected chi connectivity index (χ0v) is 13.7. The summed E-state index contributed by atoms with van der Waals surface area (Å²) in [4.78, 5) is 23.5. The minimum atomic E-state index is -1.11. The lowest BCUT2D eigenvalue weighted by atomic mass is 10.1. The summed E-state index contributed by atoms with van der Waals surface area (Å²) in [5.41, 5.74) is 1.44. The van der Waals surface area contributed by atoms with Gasteiger partial charge in [-0.1, -0.05) is 42.5 Å². The quantitative estimate of drug-likeness (QED) is 0.682. The van der Waals surface area contributed by atoms with Crippen molar-refractivity contribution in [1.82, 2.24) is 10.6 Å². The first-order valence-electron chi connectivity index (χ1n) is 8.05. The third-order valence-corrected chi connectivity index (χ3v) is 3.64. The number of carbonyl (C=O) groups is 2. The maximum absolute atomic E-state index is 13.1. The molecule has 0 fully saturated rings. The zero-order valence-electron chi connectivity index (χ0n) is 13.7. The van der Waals surface area contributed by atoms with Crippen LogP contribution < -0.4 is 10.6 Å². The van der Waals surface area contributed by atoms with Gasteiger partial charge in [0.25, 0.3) is 0 Å². The normalized spacial score (nSPS) is 11.6. The van der Waals surface area contributed by atoms with Gasteiger partial charge < -0.3 is 15.7 Å². The Balaban J connectivity index is 1.66. The number of halogens is 1. The molecule has 0 saturated carbocycles. The van der Waals surface area contributed by atoms with Gasteiger partial charge in [-0.25, -0.2) is 4.39 Å². The molecular weight excluding hydrogens is 323 g/mol. The maximum Gasteiger partial charge on any atom is 0.239 e. The number of hydrogen-bond acceptors (Lipinski definition) is 3. The Labute approximate surface area is 145 Å². The Morgan fingerprint density at radius 1 is 1.00 bits per heavy atom. The van der Waals surface area contributed by atoms with Crippen LogP contribution >= 0.6 is 0 Å². The Bertz CT molecular complexity index is 707. The lowest BCUT2D eigenvalue weighted by Gasteiger charge is -2.11. The highest BCUT2D eigenvalue weighted by atomic mass is 19.1. The molecule has 0 saturated heterocycles. The van der Waals surface area contributed by atoms with Gasteiger partial charge >= 0.3 is 0 Å². The van der Waals surface area contributed by atoms with Gasteiger partial charge in [0.05, 0.1) is 19.1 Å². The van der Waals surface area contributed by atoms with E-state index in [1.165, 1.54) is 24.3 Å². The highest BCUT2D eigenvalue weighted by Crippen LogP contribution is 2.17. The molecule has 3 N–H and O–H groups in total. The van der Waals surface area contributed by atoms with Crippen LogP contribution in [0.3, 0.4) is 0 Å². The average molecular weight is 344 g/mol. The fraction of sp³-hybridized carbons (Fsp3) is 0.263. The van der Waals surface area contributed by atoms with E-state index in [9.17, 15) is 19.1 Å². The Hall–Kier alpha value is -2.73. The molecule has 0 aromatic heterocycles. The van der Waals surface area contributed by atoms with Crippen molar-refractivity contribution in [3.8, 4) is 0 Å². The monoisotopic (exact) mass is 344 g/mol. The summed E-state index contributed by atoms with van der Waals surface area (Å²) >= 11 is 0. The van der Waals surface area contributed by atoms with Crippen molar-refractivity contribution in [1.29, 1.82) is 0 Å². The summed E-state index contributed by atoms with van der Waals surface area (Å²) in [7, 11) is 0. The Morgan fingerprint density at radius 3 is 2.48 bits per heavy atom. The molecule has 2 aromatic rings. The number of aliphatic hydroxyl groups is 1. The fourth-order valence-corrected chi connectivity index (χ4v) is 2.31. The Kier molecular flexibility index (Phi) is 7.10. The van der Waals surface area contributed by atoms with Gasteiger partial charge in [0.1, 0.15) is 5.82 Å². The predicted octanol–water partition coefficient (Wildman–Crippen LogP) is 1.72. The molecule has 0 bridgehead atoms. The second-order valence-corrected chi connectivity index (χ2v) is 5.64. The van der Waals surface area contributed by atoms with Crippen LogP contribution in [0.1, 0.15) is 23.7 Å². The number of rotatable bonds is 8. The maximum atomic E-state index is 13.1. The molecule has 0 aliphatic heterocycles. The van der Waals surface area contributed by atoms with Crippen LogP contribution in [0.2, 0.25) is 0 Å². The van der Waals surface area contributed by atoms with Crippen LogP contribution in [0.15, 0.2) is 54.6 Å². The topological polar surface area (TPSA) is 78.4 Å². The second-order valence-electron chi connectivity index (χ2n) is 5.64. The summed E-state index contributed by atoms with van der Waals surface area (Å²) in [6, 6.07) is 15.2. The van der Waals surface area contributed by atoms with Crippen LogP contribution in [0.4, 0.5) is 4.39 Å². The van der Waals surface area contributed by atoms with Crippen LogP contribution in [0.25, 0.3) is 0 Å². The highest BCUT2D eigenvalue weighted by Gasteiger charge is 2.14. The second kappa shape index (κ2) is 9.54. The zero-order chi connectivity index (χ0) is 18.1. The van der Waals surface area contributed by atoms with Crippen molar-refractivity contribution in [3.05, 3.63) is 71.5 Å².